The van der Waals surface area contributed by atoms with Gasteiger partial charge >= 0.3 is 5.97 Å². The highest BCUT2D eigenvalue weighted by atomic mass is 16.5. The zero-order valence-electron chi connectivity index (χ0n) is 9.04. The van der Waals surface area contributed by atoms with E-state index in [-0.39, 0.29) is 23.8 Å². The third-order valence-corrected chi connectivity index (χ3v) is 1.94. The topological polar surface area (TPSA) is 120 Å². The Balaban J connectivity index is 2.32. The molecule has 0 saturated carbocycles. The Morgan fingerprint density at radius 2 is 2.35 bits per heavy atom. The molecule has 0 fully saturated rings. The first kappa shape index (κ1) is 11.0. The third kappa shape index (κ3) is 2.19. The summed E-state index contributed by atoms with van der Waals surface area (Å²) in [7, 11) is 0. The molecule has 3 N–H and O–H groups in total. The number of ether oxygens (including phenoxy) is 1. The first-order chi connectivity index (χ1) is 8.22. The lowest BCUT2D eigenvalue weighted by atomic mass is 10.3. The maximum Gasteiger partial charge on any atom is 0.343 e. The van der Waals surface area contributed by atoms with Crippen LogP contribution >= 0.6 is 0 Å². The van der Waals surface area contributed by atoms with Crippen LogP contribution in [0.2, 0.25) is 0 Å². The monoisotopic (exact) mass is 234 g/mol. The number of carbonyl (C=O) groups is 1. The average molecular weight is 234 g/mol. The minimum Gasteiger partial charge on any atom is -0.462 e. The number of nitrogen functional groups attached to an aromatic ring is 1. The number of carbonyl (C=O) groups excluding carboxylic acids is 1. The SMILES string of the molecule is CCOC(=O)c1cnc(-c2ncn[nH]2)nc1N. The van der Waals surface area contributed by atoms with Crippen molar-refractivity contribution in [3.8, 4) is 11.6 Å². The number of hydrogen-bond acceptors (Lipinski definition) is 7. The third-order valence-electron chi connectivity index (χ3n) is 1.94. The predicted molar refractivity (Wildman–Crippen MR) is 57.8 cm³/mol. The van der Waals surface area contributed by atoms with Gasteiger partial charge in [-0.3, -0.25) is 5.10 Å². The van der Waals surface area contributed by atoms with Gasteiger partial charge in [0.15, 0.2) is 11.6 Å². The number of nitrogens with two attached hydrogens (primary N) is 1. The lowest BCUT2D eigenvalue weighted by Gasteiger charge is -2.04. The molecule has 0 aliphatic heterocycles. The van der Waals surface area contributed by atoms with E-state index in [2.05, 4.69) is 25.1 Å². The lowest BCUT2D eigenvalue weighted by molar-refractivity contribution is 0.0527. The molecule has 0 saturated heterocycles. The molecule has 8 nitrogen and oxygen atoms in total. The standard InChI is InChI=1S/C9H10N6O2/c1-2-17-9(16)5-3-11-7(14-6(5)10)8-12-4-13-15-8/h3-4H,2H2,1H3,(H2,10,11,14)(H,12,13,15). The van der Waals surface area contributed by atoms with Crippen molar-refractivity contribution in [3.63, 3.8) is 0 Å². The molecular formula is C9H10N6O2. The summed E-state index contributed by atoms with van der Waals surface area (Å²) in [4.78, 5) is 23.2. The van der Waals surface area contributed by atoms with Gasteiger partial charge in [0.05, 0.1) is 6.61 Å². The van der Waals surface area contributed by atoms with E-state index < -0.39 is 5.97 Å². The number of H-pyrrole nitrogens is 1. The van der Waals surface area contributed by atoms with Gasteiger partial charge in [-0.25, -0.2) is 19.7 Å². The van der Waals surface area contributed by atoms with E-state index in [1.54, 1.807) is 6.92 Å². The molecule has 8 heteroatoms. The van der Waals surface area contributed by atoms with Gasteiger partial charge in [0.25, 0.3) is 0 Å². The van der Waals surface area contributed by atoms with Gasteiger partial charge in [0.2, 0.25) is 0 Å². The van der Waals surface area contributed by atoms with E-state index in [1.807, 2.05) is 0 Å². The van der Waals surface area contributed by atoms with Crippen LogP contribution in [0.3, 0.4) is 0 Å². The predicted octanol–water partition coefficient (Wildman–Crippen LogP) is 0.0206. The summed E-state index contributed by atoms with van der Waals surface area (Å²) in [5.74, 6) is 0.152. The van der Waals surface area contributed by atoms with Crippen LogP contribution in [0.1, 0.15) is 17.3 Å². The number of aromatic nitrogens is 5. The molecule has 0 aromatic carbocycles. The lowest BCUT2D eigenvalue weighted by Crippen LogP contribution is -2.11. The van der Waals surface area contributed by atoms with E-state index in [1.165, 1.54) is 12.5 Å². The molecular weight excluding hydrogens is 224 g/mol. The summed E-state index contributed by atoms with van der Waals surface area (Å²) >= 11 is 0. The Hall–Kier alpha value is -2.51. The number of rotatable bonds is 3. The molecule has 0 amide bonds. The van der Waals surface area contributed by atoms with E-state index in [4.69, 9.17) is 10.5 Å². The van der Waals surface area contributed by atoms with Crippen molar-refractivity contribution in [2.45, 2.75) is 6.92 Å². The summed E-state index contributed by atoms with van der Waals surface area (Å²) in [6, 6.07) is 0. The molecule has 2 heterocycles. The summed E-state index contributed by atoms with van der Waals surface area (Å²) in [6.45, 7) is 1.97. The van der Waals surface area contributed by atoms with Crippen molar-refractivity contribution in [1.29, 1.82) is 0 Å². The zero-order valence-corrected chi connectivity index (χ0v) is 9.04. The highest BCUT2D eigenvalue weighted by Crippen LogP contribution is 2.14. The number of nitrogens with one attached hydrogen (secondary N) is 1. The Bertz CT molecular complexity index is 524. The largest absolute Gasteiger partial charge is 0.462 e. The highest BCUT2D eigenvalue weighted by molar-refractivity contribution is 5.93. The number of esters is 1. The number of nitrogens with zero attached hydrogens (tertiary/aromatic N) is 4. The van der Waals surface area contributed by atoms with Crippen molar-refractivity contribution < 1.29 is 9.53 Å². The van der Waals surface area contributed by atoms with Gasteiger partial charge in [-0.15, -0.1) is 0 Å². The second-order valence-corrected chi connectivity index (χ2v) is 3.05. The minimum absolute atomic E-state index is 0.0462. The molecule has 0 unspecified atom stereocenters. The number of anilines is 1. The molecule has 88 valence electrons. The summed E-state index contributed by atoms with van der Waals surface area (Å²) in [5, 5.41) is 6.26. The van der Waals surface area contributed by atoms with E-state index in [9.17, 15) is 4.79 Å². The van der Waals surface area contributed by atoms with Gasteiger partial charge in [-0.05, 0) is 6.92 Å². The van der Waals surface area contributed by atoms with Crippen molar-refractivity contribution >= 4 is 11.8 Å². The summed E-state index contributed by atoms with van der Waals surface area (Å²) in [5.41, 5.74) is 5.78. The second-order valence-electron chi connectivity index (χ2n) is 3.05. The van der Waals surface area contributed by atoms with Gasteiger partial charge in [0, 0.05) is 6.20 Å². The first-order valence-electron chi connectivity index (χ1n) is 4.87. The fourth-order valence-corrected chi connectivity index (χ4v) is 1.19. The molecule has 2 aromatic heterocycles. The van der Waals surface area contributed by atoms with Gasteiger partial charge in [0.1, 0.15) is 17.7 Å². The number of aromatic amines is 1. The van der Waals surface area contributed by atoms with Crippen LogP contribution in [-0.4, -0.2) is 37.7 Å². The fraction of sp³-hybridized carbons (Fsp3) is 0.222. The maximum absolute atomic E-state index is 11.4. The Labute approximate surface area is 96.3 Å². The van der Waals surface area contributed by atoms with Gasteiger partial charge in [-0.1, -0.05) is 0 Å². The molecule has 17 heavy (non-hydrogen) atoms. The Morgan fingerprint density at radius 1 is 1.53 bits per heavy atom. The zero-order chi connectivity index (χ0) is 12.3. The van der Waals surface area contributed by atoms with Crippen molar-refractivity contribution in [1.82, 2.24) is 25.1 Å². The Morgan fingerprint density at radius 3 is 2.94 bits per heavy atom. The van der Waals surface area contributed by atoms with Crippen LogP contribution in [0.4, 0.5) is 5.82 Å². The first-order valence-corrected chi connectivity index (χ1v) is 4.87. The van der Waals surface area contributed by atoms with Crippen LogP contribution in [0.5, 0.6) is 0 Å². The molecule has 0 aliphatic rings. The molecule has 0 atom stereocenters. The highest BCUT2D eigenvalue weighted by Gasteiger charge is 2.14. The van der Waals surface area contributed by atoms with Crippen LogP contribution < -0.4 is 5.73 Å². The van der Waals surface area contributed by atoms with E-state index >= 15 is 0 Å². The quantitative estimate of drug-likeness (QED) is 0.718. The van der Waals surface area contributed by atoms with Crippen LogP contribution in [0.15, 0.2) is 12.5 Å². The molecule has 0 radical (unpaired) electrons. The van der Waals surface area contributed by atoms with Crippen LogP contribution in [-0.2, 0) is 4.74 Å². The average Bonchev–Trinajstić information content (AvgIpc) is 2.82. The Kier molecular flexibility index (Phi) is 2.95. The molecule has 2 rings (SSSR count). The van der Waals surface area contributed by atoms with E-state index in [0.29, 0.717) is 5.82 Å². The van der Waals surface area contributed by atoms with Gasteiger partial charge < -0.3 is 10.5 Å². The number of hydrogen-bond donors (Lipinski definition) is 2. The summed E-state index contributed by atoms with van der Waals surface area (Å²) < 4.78 is 4.80. The van der Waals surface area contributed by atoms with Crippen molar-refractivity contribution in [2.75, 3.05) is 12.3 Å². The minimum atomic E-state index is -0.547. The van der Waals surface area contributed by atoms with Crippen molar-refractivity contribution in [3.05, 3.63) is 18.1 Å². The molecule has 2 aromatic rings. The summed E-state index contributed by atoms with van der Waals surface area (Å²) in [6.07, 6.45) is 2.63. The molecule has 0 bridgehead atoms. The maximum atomic E-state index is 11.4. The normalized spacial score (nSPS) is 10.2. The fourth-order valence-electron chi connectivity index (χ4n) is 1.19. The van der Waals surface area contributed by atoms with Crippen LogP contribution in [0.25, 0.3) is 11.6 Å². The van der Waals surface area contributed by atoms with E-state index in [0.717, 1.165) is 0 Å². The smallest absolute Gasteiger partial charge is 0.343 e. The molecule has 0 aliphatic carbocycles. The van der Waals surface area contributed by atoms with Crippen LogP contribution in [0, 0.1) is 0 Å². The van der Waals surface area contributed by atoms with Crippen molar-refractivity contribution in [2.24, 2.45) is 0 Å². The molecule has 0 spiro atoms. The van der Waals surface area contributed by atoms with Gasteiger partial charge in [-0.2, -0.15) is 5.10 Å². The second kappa shape index (κ2) is 4.56.